The molecule has 0 bridgehead atoms. The standard InChI is InChI=1S/C23H40Cl2O2/c24-23(25)21(20-26)16-12-9-7-5-3-1-2-4-6-8-10-15-19-27-22-17-13-11-14-18-22/h11,21-23H,1-10,12-19H2. The fraction of sp³-hybridized carbons (Fsp3) is 0.913. The molecule has 1 unspecified atom stereocenters. The molecule has 0 aliphatic heterocycles. The van der Waals surface area contributed by atoms with Crippen molar-refractivity contribution in [3.8, 4) is 0 Å². The van der Waals surface area contributed by atoms with Crippen LogP contribution in [0.2, 0.25) is 0 Å². The number of halogens is 2. The molecular weight excluding hydrogens is 379 g/mol. The SMILES string of the molecule is O=[C]C(CCCCCCCCCCCCCCOC1CC[CH]CC1)C(Cl)Cl. The van der Waals surface area contributed by atoms with Gasteiger partial charge < -0.3 is 4.74 Å². The maximum Gasteiger partial charge on any atom is 0.204 e. The highest BCUT2D eigenvalue weighted by molar-refractivity contribution is 6.45. The van der Waals surface area contributed by atoms with Gasteiger partial charge in [-0.1, -0.05) is 70.6 Å². The summed E-state index contributed by atoms with van der Waals surface area (Å²) < 4.78 is 5.96. The third kappa shape index (κ3) is 14.8. The molecule has 1 atom stereocenters. The van der Waals surface area contributed by atoms with Crippen LogP contribution < -0.4 is 0 Å². The van der Waals surface area contributed by atoms with E-state index in [0.29, 0.717) is 6.10 Å². The number of hydrogen-bond donors (Lipinski definition) is 0. The lowest BCUT2D eigenvalue weighted by Gasteiger charge is -2.21. The van der Waals surface area contributed by atoms with Crippen molar-refractivity contribution in [2.24, 2.45) is 5.92 Å². The minimum atomic E-state index is -0.606. The van der Waals surface area contributed by atoms with Crippen LogP contribution in [0.4, 0.5) is 0 Å². The number of unbranched alkanes of at least 4 members (excludes halogenated alkanes) is 11. The third-order valence-corrected chi connectivity index (χ3v) is 6.21. The van der Waals surface area contributed by atoms with Gasteiger partial charge in [-0.05, 0) is 44.9 Å². The largest absolute Gasteiger partial charge is 0.378 e. The van der Waals surface area contributed by atoms with Crippen LogP contribution in [0.15, 0.2) is 0 Å². The van der Waals surface area contributed by atoms with E-state index in [4.69, 9.17) is 27.9 Å². The molecule has 27 heavy (non-hydrogen) atoms. The fourth-order valence-corrected chi connectivity index (χ4v) is 4.14. The summed E-state index contributed by atoms with van der Waals surface area (Å²) in [5, 5.41) is 0. The molecule has 0 aromatic rings. The molecular formula is C23H40Cl2O2. The van der Waals surface area contributed by atoms with Gasteiger partial charge in [0.2, 0.25) is 6.29 Å². The minimum Gasteiger partial charge on any atom is -0.378 e. The Morgan fingerprint density at radius 3 is 1.78 bits per heavy atom. The average molecular weight is 419 g/mol. The molecule has 158 valence electrons. The van der Waals surface area contributed by atoms with Crippen LogP contribution >= 0.6 is 23.2 Å². The quantitative estimate of drug-likeness (QED) is 0.168. The summed E-state index contributed by atoms with van der Waals surface area (Å²) in [4.78, 5) is 10.1. The van der Waals surface area contributed by atoms with E-state index >= 15 is 0 Å². The lowest BCUT2D eigenvalue weighted by atomic mass is 9.98. The number of ether oxygens (including phenoxy) is 1. The van der Waals surface area contributed by atoms with Crippen LogP contribution in [0.3, 0.4) is 0 Å². The van der Waals surface area contributed by atoms with E-state index in [1.807, 2.05) is 6.29 Å². The second-order valence-electron chi connectivity index (χ2n) is 8.03. The summed E-state index contributed by atoms with van der Waals surface area (Å²) in [6.45, 7) is 0.965. The van der Waals surface area contributed by atoms with E-state index in [2.05, 4.69) is 6.42 Å². The van der Waals surface area contributed by atoms with Crippen LogP contribution in [0, 0.1) is 12.3 Å². The van der Waals surface area contributed by atoms with Crippen LogP contribution in [-0.2, 0) is 9.53 Å². The molecule has 1 saturated carbocycles. The first kappa shape index (κ1) is 25.2. The highest BCUT2D eigenvalue weighted by atomic mass is 35.5. The molecule has 1 aliphatic rings. The maximum atomic E-state index is 10.7. The van der Waals surface area contributed by atoms with Crippen molar-refractivity contribution in [1.82, 2.24) is 0 Å². The van der Waals surface area contributed by atoms with Gasteiger partial charge in [0.25, 0.3) is 0 Å². The summed E-state index contributed by atoms with van der Waals surface area (Å²) in [6.07, 6.45) is 26.1. The van der Waals surface area contributed by atoms with E-state index in [9.17, 15) is 4.79 Å². The van der Waals surface area contributed by atoms with Crippen molar-refractivity contribution >= 4 is 29.5 Å². The molecule has 1 fully saturated rings. The second-order valence-corrected chi connectivity index (χ2v) is 9.19. The summed E-state index contributed by atoms with van der Waals surface area (Å²) in [5.41, 5.74) is 0. The zero-order valence-corrected chi connectivity index (χ0v) is 18.6. The Hall–Kier alpha value is 0.210. The molecule has 0 N–H and O–H groups in total. The van der Waals surface area contributed by atoms with Gasteiger partial charge in [0.15, 0.2) is 0 Å². The van der Waals surface area contributed by atoms with Crippen LogP contribution in [0.25, 0.3) is 0 Å². The van der Waals surface area contributed by atoms with Crippen molar-refractivity contribution in [3.05, 3.63) is 6.42 Å². The van der Waals surface area contributed by atoms with Crippen LogP contribution in [-0.4, -0.2) is 23.8 Å². The predicted octanol–water partition coefficient (Wildman–Crippen LogP) is 7.75. The van der Waals surface area contributed by atoms with E-state index < -0.39 is 4.84 Å². The van der Waals surface area contributed by atoms with Gasteiger partial charge in [0.1, 0.15) is 4.84 Å². The topological polar surface area (TPSA) is 26.3 Å². The van der Waals surface area contributed by atoms with Gasteiger partial charge in [0.05, 0.1) is 12.0 Å². The molecule has 0 aromatic heterocycles. The van der Waals surface area contributed by atoms with E-state index in [0.717, 1.165) is 19.4 Å². The van der Waals surface area contributed by atoms with Gasteiger partial charge in [-0.3, -0.25) is 4.79 Å². The average Bonchev–Trinajstić information content (AvgIpc) is 2.68. The Balaban J connectivity index is 1.72. The van der Waals surface area contributed by atoms with Crippen molar-refractivity contribution < 1.29 is 9.53 Å². The van der Waals surface area contributed by atoms with E-state index in [-0.39, 0.29) is 5.92 Å². The first-order chi connectivity index (χ1) is 13.2. The molecule has 0 amide bonds. The highest BCUT2D eigenvalue weighted by Gasteiger charge is 2.16. The van der Waals surface area contributed by atoms with Crippen LogP contribution in [0.5, 0.6) is 0 Å². The molecule has 0 aromatic carbocycles. The normalized spacial score (nSPS) is 16.7. The van der Waals surface area contributed by atoms with Gasteiger partial charge in [-0.15, -0.1) is 23.2 Å². The smallest absolute Gasteiger partial charge is 0.204 e. The van der Waals surface area contributed by atoms with Gasteiger partial charge in [-0.2, -0.15) is 0 Å². The summed E-state index contributed by atoms with van der Waals surface area (Å²) >= 11 is 11.5. The Kier molecular flexibility index (Phi) is 17.1. The van der Waals surface area contributed by atoms with Crippen molar-refractivity contribution in [1.29, 1.82) is 0 Å². The summed E-state index contributed by atoms with van der Waals surface area (Å²) in [6, 6.07) is 0. The third-order valence-electron chi connectivity index (χ3n) is 5.60. The Morgan fingerprint density at radius 2 is 1.30 bits per heavy atom. The fourth-order valence-electron chi connectivity index (χ4n) is 3.78. The van der Waals surface area contributed by atoms with Gasteiger partial charge in [-0.25, -0.2) is 0 Å². The monoisotopic (exact) mass is 418 g/mol. The van der Waals surface area contributed by atoms with E-state index in [1.54, 1.807) is 0 Å². The molecule has 2 nitrogen and oxygen atoms in total. The molecule has 2 radical (unpaired) electrons. The number of hydrogen-bond acceptors (Lipinski definition) is 2. The first-order valence-electron chi connectivity index (χ1n) is 11.3. The van der Waals surface area contributed by atoms with Crippen molar-refractivity contribution in [2.45, 2.75) is 120 Å². The Bertz CT molecular complexity index is 330. The lowest BCUT2D eigenvalue weighted by molar-refractivity contribution is 0.0326. The van der Waals surface area contributed by atoms with Crippen molar-refractivity contribution in [2.75, 3.05) is 6.61 Å². The number of carbonyl (C=O) groups excluding carboxylic acids is 1. The van der Waals surface area contributed by atoms with E-state index in [1.165, 1.54) is 96.3 Å². The predicted molar refractivity (Wildman–Crippen MR) is 117 cm³/mol. The molecule has 0 saturated heterocycles. The lowest BCUT2D eigenvalue weighted by Crippen LogP contribution is -2.17. The zero-order valence-electron chi connectivity index (χ0n) is 17.1. The number of rotatable bonds is 18. The molecule has 4 heteroatoms. The second kappa shape index (κ2) is 18.3. The van der Waals surface area contributed by atoms with Crippen LogP contribution in [0.1, 0.15) is 109 Å². The van der Waals surface area contributed by atoms with Gasteiger partial charge in [0, 0.05) is 6.61 Å². The Morgan fingerprint density at radius 1 is 0.815 bits per heavy atom. The van der Waals surface area contributed by atoms with Crippen molar-refractivity contribution in [3.63, 3.8) is 0 Å². The summed E-state index contributed by atoms with van der Waals surface area (Å²) in [5.74, 6) is -0.314. The molecule has 1 aliphatic carbocycles. The first-order valence-corrected chi connectivity index (χ1v) is 12.2. The summed E-state index contributed by atoms with van der Waals surface area (Å²) in [7, 11) is 0. The maximum absolute atomic E-state index is 10.7. The van der Waals surface area contributed by atoms with Gasteiger partial charge >= 0.3 is 0 Å². The highest BCUT2D eigenvalue weighted by Crippen LogP contribution is 2.21. The number of alkyl halides is 2. The zero-order chi connectivity index (χ0) is 19.6. The Labute approximate surface area is 178 Å². The molecule has 1 rings (SSSR count). The minimum absolute atomic E-state index is 0.314. The molecule has 0 heterocycles. The molecule has 0 spiro atoms.